The summed E-state index contributed by atoms with van der Waals surface area (Å²) in [5.41, 5.74) is 2.94. The molecular formula is C26H22BrN3O5S. The van der Waals surface area contributed by atoms with E-state index in [0.717, 1.165) is 15.1 Å². The molecule has 0 radical (unpaired) electrons. The molecule has 0 bridgehead atoms. The summed E-state index contributed by atoms with van der Waals surface area (Å²) in [7, 11) is -2.51. The highest BCUT2D eigenvalue weighted by Gasteiger charge is 2.50. The number of hydrogen-bond donors (Lipinski definition) is 1. The van der Waals surface area contributed by atoms with Crippen LogP contribution in [0.15, 0.2) is 74.3 Å². The molecule has 3 heterocycles. The minimum Gasteiger partial charge on any atom is -0.362 e. The largest absolute Gasteiger partial charge is 0.362 e. The lowest BCUT2D eigenvalue weighted by Crippen LogP contribution is -2.50. The molecule has 1 unspecified atom stereocenters. The van der Waals surface area contributed by atoms with Gasteiger partial charge in [0.25, 0.3) is 10.0 Å². The lowest BCUT2D eigenvalue weighted by molar-refractivity contribution is -0.110. The fourth-order valence-corrected chi connectivity index (χ4v) is 7.35. The third kappa shape index (κ3) is 3.21. The summed E-state index contributed by atoms with van der Waals surface area (Å²) in [6.45, 7) is 2.34. The van der Waals surface area contributed by atoms with E-state index < -0.39 is 27.4 Å². The molecule has 2 aromatic rings. The van der Waals surface area contributed by atoms with Gasteiger partial charge in [0.1, 0.15) is 11.9 Å². The van der Waals surface area contributed by atoms with E-state index in [9.17, 15) is 18.0 Å². The molecular weight excluding hydrogens is 546 g/mol. The second-order valence-corrected chi connectivity index (χ2v) is 12.0. The van der Waals surface area contributed by atoms with Crippen LogP contribution in [0, 0.1) is 12.3 Å². The third-order valence-corrected chi connectivity index (χ3v) is 9.47. The predicted octanol–water partition coefficient (Wildman–Crippen LogP) is 3.20. The lowest BCUT2D eigenvalue weighted by Gasteiger charge is -2.44. The first-order chi connectivity index (χ1) is 17.2. The van der Waals surface area contributed by atoms with Crippen molar-refractivity contribution in [2.75, 3.05) is 13.7 Å². The first-order valence-electron chi connectivity index (χ1n) is 11.5. The number of benzene rings is 1. The van der Waals surface area contributed by atoms with Crippen molar-refractivity contribution in [2.45, 2.75) is 30.9 Å². The summed E-state index contributed by atoms with van der Waals surface area (Å²) in [4.78, 5) is 31.2. The third-order valence-electron chi connectivity index (χ3n) is 7.18. The molecule has 0 amide bonds. The molecule has 0 fully saturated rings. The Hall–Kier alpha value is -3.08. The van der Waals surface area contributed by atoms with E-state index in [2.05, 4.69) is 21.2 Å². The Morgan fingerprint density at radius 2 is 1.97 bits per heavy atom. The van der Waals surface area contributed by atoms with Crippen molar-refractivity contribution < 1.29 is 22.7 Å². The van der Waals surface area contributed by atoms with Crippen molar-refractivity contribution in [2.24, 2.45) is 10.4 Å². The van der Waals surface area contributed by atoms with E-state index in [4.69, 9.17) is 9.73 Å². The SMILES string of the molecule is COC1C[C@]2(C=CC(=O)C(Br)=C2)C2=C(N1)C(=O)c1c3c(cn1S(=O)(=O)c1ccc(C)cc1)CCN=C23. The monoisotopic (exact) mass is 567 g/mol. The number of ketones is 2. The van der Waals surface area contributed by atoms with Crippen LogP contribution < -0.4 is 5.32 Å². The van der Waals surface area contributed by atoms with Gasteiger partial charge in [0.15, 0.2) is 5.78 Å². The number of rotatable bonds is 3. The van der Waals surface area contributed by atoms with Crippen molar-refractivity contribution in [1.82, 2.24) is 9.29 Å². The topological polar surface area (TPSA) is 107 Å². The van der Waals surface area contributed by atoms with E-state index in [-0.39, 0.29) is 22.1 Å². The Morgan fingerprint density at radius 3 is 2.67 bits per heavy atom. The van der Waals surface area contributed by atoms with Crippen molar-refractivity contribution in [3.63, 3.8) is 0 Å². The summed E-state index contributed by atoms with van der Waals surface area (Å²) in [5.74, 6) is -0.613. The van der Waals surface area contributed by atoms with Crippen molar-refractivity contribution in [3.05, 3.63) is 86.8 Å². The first kappa shape index (κ1) is 23.3. The minimum atomic E-state index is -4.04. The van der Waals surface area contributed by atoms with E-state index >= 15 is 0 Å². The number of methoxy groups -OCH3 is 1. The molecule has 10 heteroatoms. The Labute approximate surface area is 216 Å². The van der Waals surface area contributed by atoms with E-state index in [1.807, 2.05) is 6.92 Å². The van der Waals surface area contributed by atoms with Crippen LogP contribution in [0.1, 0.15) is 33.6 Å². The second-order valence-electron chi connectivity index (χ2n) is 9.35. The van der Waals surface area contributed by atoms with Crippen molar-refractivity contribution in [1.29, 1.82) is 0 Å². The molecule has 1 aromatic carbocycles. The maximum atomic E-state index is 14.1. The summed E-state index contributed by atoms with van der Waals surface area (Å²) in [6.07, 6.45) is 7.04. The van der Waals surface area contributed by atoms with Gasteiger partial charge in [-0.2, -0.15) is 0 Å². The Bertz CT molecular complexity index is 1590. The highest BCUT2D eigenvalue weighted by Crippen LogP contribution is 2.49. The van der Waals surface area contributed by atoms with Gasteiger partial charge in [-0.15, -0.1) is 0 Å². The van der Waals surface area contributed by atoms with Crippen LogP contribution in [-0.2, 0) is 26.0 Å². The molecule has 2 atom stereocenters. The summed E-state index contributed by atoms with van der Waals surface area (Å²) < 4.78 is 34.5. The van der Waals surface area contributed by atoms with Gasteiger partial charge < -0.3 is 10.1 Å². The zero-order valence-corrected chi connectivity index (χ0v) is 21.9. The fraction of sp³-hybridized carbons (Fsp3) is 0.269. The number of nitrogens with one attached hydrogen (secondary N) is 1. The number of ether oxygens (including phenoxy) is 1. The first-order valence-corrected chi connectivity index (χ1v) is 13.7. The fourth-order valence-electron chi connectivity index (χ4n) is 5.42. The Balaban J connectivity index is 1.60. The summed E-state index contributed by atoms with van der Waals surface area (Å²) in [6, 6.07) is 6.55. The molecule has 0 saturated carbocycles. The Kier molecular flexibility index (Phi) is 5.16. The number of nitrogens with zero attached hydrogens (tertiary/aromatic N) is 2. The lowest BCUT2D eigenvalue weighted by atomic mass is 9.66. The number of carbonyl (C=O) groups is 2. The molecule has 8 nitrogen and oxygen atoms in total. The van der Waals surface area contributed by atoms with E-state index in [0.29, 0.717) is 40.7 Å². The zero-order chi connectivity index (χ0) is 25.4. The maximum absolute atomic E-state index is 14.1. The molecule has 184 valence electrons. The van der Waals surface area contributed by atoms with E-state index in [1.54, 1.807) is 42.6 Å². The van der Waals surface area contributed by atoms with Gasteiger partial charge in [0.2, 0.25) is 5.78 Å². The molecule has 4 aliphatic rings. The molecule has 1 spiro atoms. The number of Topliss-reactive ketones (excluding diaryl/α,β-unsaturated/α-hetero) is 1. The number of carbonyl (C=O) groups excluding carboxylic acids is 2. The quantitative estimate of drug-likeness (QED) is 0.610. The average molecular weight is 568 g/mol. The number of hydrogen-bond acceptors (Lipinski definition) is 7. The van der Waals surface area contributed by atoms with Crippen molar-refractivity contribution >= 4 is 43.2 Å². The molecule has 1 aromatic heterocycles. The van der Waals surface area contributed by atoms with Gasteiger partial charge >= 0.3 is 0 Å². The van der Waals surface area contributed by atoms with E-state index in [1.165, 1.54) is 13.2 Å². The van der Waals surface area contributed by atoms with Gasteiger partial charge in [-0.3, -0.25) is 14.6 Å². The predicted molar refractivity (Wildman–Crippen MR) is 137 cm³/mol. The van der Waals surface area contributed by atoms with Gasteiger partial charge in [0.05, 0.1) is 20.8 Å². The van der Waals surface area contributed by atoms with Crippen LogP contribution in [0.3, 0.4) is 0 Å². The molecule has 2 aliphatic carbocycles. The maximum Gasteiger partial charge on any atom is 0.268 e. The van der Waals surface area contributed by atoms with Crippen molar-refractivity contribution in [3.8, 4) is 0 Å². The smallest absolute Gasteiger partial charge is 0.268 e. The number of aryl methyl sites for hydroxylation is 1. The van der Waals surface area contributed by atoms with Crippen LogP contribution in [0.25, 0.3) is 0 Å². The molecule has 2 aliphatic heterocycles. The number of halogens is 1. The standard InChI is InChI=1S/C26H22BrN3O5S/c1-14-3-5-16(6-4-14)36(33,34)30-13-15-8-10-28-22-20(15)24(30)25(32)23-21(22)26(12-19(29-23)35-2)9-7-18(31)17(27)11-26/h3-7,9,11,13,19,29H,8,10,12H2,1-2H3/t19?,26-/m1/s1. The molecule has 36 heavy (non-hydrogen) atoms. The number of aliphatic imine (C=N–C) groups is 1. The van der Waals surface area contributed by atoms with Crippen LogP contribution in [0.5, 0.6) is 0 Å². The normalized spacial score (nSPS) is 24.8. The highest BCUT2D eigenvalue weighted by molar-refractivity contribution is 9.12. The van der Waals surface area contributed by atoms with Crippen LogP contribution >= 0.6 is 15.9 Å². The van der Waals surface area contributed by atoms with Crippen LogP contribution in [-0.4, -0.2) is 49.6 Å². The Morgan fingerprint density at radius 1 is 1.22 bits per heavy atom. The number of allylic oxidation sites excluding steroid dienone is 6. The van der Waals surface area contributed by atoms with Crippen LogP contribution in [0.2, 0.25) is 0 Å². The zero-order valence-electron chi connectivity index (χ0n) is 19.5. The van der Waals surface area contributed by atoms with Gasteiger partial charge in [-0.25, -0.2) is 12.4 Å². The second kappa shape index (κ2) is 7.96. The average Bonchev–Trinajstić information content (AvgIpc) is 3.27. The minimum absolute atomic E-state index is 0.0705. The highest BCUT2D eigenvalue weighted by atomic mass is 79.9. The summed E-state index contributed by atoms with van der Waals surface area (Å²) >= 11 is 3.37. The molecule has 0 saturated heterocycles. The van der Waals surface area contributed by atoms with Gasteiger partial charge in [0, 0.05) is 42.8 Å². The molecule has 6 rings (SSSR count). The summed E-state index contributed by atoms with van der Waals surface area (Å²) in [5, 5.41) is 3.17. The van der Waals surface area contributed by atoms with Crippen LogP contribution in [0.4, 0.5) is 0 Å². The number of fused-ring (bicyclic) bond motifs is 2. The van der Waals surface area contributed by atoms with Gasteiger partial charge in [-0.05, 0) is 53.0 Å². The van der Waals surface area contributed by atoms with Gasteiger partial charge in [-0.1, -0.05) is 29.8 Å². The number of aromatic nitrogens is 1. The molecule has 1 N–H and O–H groups in total.